The predicted molar refractivity (Wildman–Crippen MR) is 185 cm³/mol. The van der Waals surface area contributed by atoms with E-state index in [2.05, 4.69) is 21.3 Å². The molecule has 3 atom stereocenters. The second kappa shape index (κ2) is 17.6. The zero-order chi connectivity index (χ0) is 35.5. The second-order valence-electron chi connectivity index (χ2n) is 12.7. The molecule has 2 bridgehead atoms. The Labute approximate surface area is 291 Å². The third kappa shape index (κ3) is 10.9. The summed E-state index contributed by atoms with van der Waals surface area (Å²) in [7, 11) is 0. The first-order chi connectivity index (χ1) is 23.4. The van der Waals surface area contributed by atoms with Crippen molar-refractivity contribution in [3.63, 3.8) is 0 Å². The molecule has 10 nitrogen and oxygen atoms in total. The summed E-state index contributed by atoms with van der Waals surface area (Å²) in [5, 5.41) is 11.3. The van der Waals surface area contributed by atoms with Gasteiger partial charge >= 0.3 is 0 Å². The standard InChI is InChI=1S/C37H43ClFN5O5/c1-23(2)19-31-35(47)41-24(3)33(45)40-17-7-8-18-44(37(49)29-16-15-28(38)21-30(29)39)22-26-11-13-27(14-12-26)34(46)42-32(36(48)43-31)20-25-9-5-4-6-10-25/h4-6,9-16,21,23-24,31-32H,7-8,17-20,22H2,1-3H3,(H,40,45)(H,41,47)(H,42,46)(H,43,48)/t24-,31+,32-/m1/s1. The third-order valence-corrected chi connectivity index (χ3v) is 8.42. The van der Waals surface area contributed by atoms with Crippen LogP contribution in [0.25, 0.3) is 0 Å². The quantitative estimate of drug-likeness (QED) is 0.294. The maximum atomic E-state index is 14.7. The maximum absolute atomic E-state index is 14.7. The second-order valence-corrected chi connectivity index (χ2v) is 13.1. The number of carbonyl (C=O) groups is 5. The summed E-state index contributed by atoms with van der Waals surface area (Å²) in [6.07, 6.45) is 1.49. The van der Waals surface area contributed by atoms with Gasteiger partial charge in [-0.2, -0.15) is 0 Å². The van der Waals surface area contributed by atoms with Crippen LogP contribution in [0.15, 0.2) is 72.8 Å². The molecule has 2 aliphatic rings. The number of benzene rings is 3. The summed E-state index contributed by atoms with van der Waals surface area (Å²) in [4.78, 5) is 68.4. The summed E-state index contributed by atoms with van der Waals surface area (Å²) in [5.41, 5.74) is 1.67. The van der Waals surface area contributed by atoms with Crippen molar-refractivity contribution in [3.05, 3.63) is 106 Å². The minimum absolute atomic E-state index is 0.0398. The van der Waals surface area contributed by atoms with Gasteiger partial charge in [-0.3, -0.25) is 24.0 Å². The fraction of sp³-hybridized carbons (Fsp3) is 0.378. The molecule has 5 amide bonds. The lowest BCUT2D eigenvalue weighted by Crippen LogP contribution is -2.57. The van der Waals surface area contributed by atoms with Gasteiger partial charge in [0.05, 0.1) is 5.56 Å². The maximum Gasteiger partial charge on any atom is 0.257 e. The van der Waals surface area contributed by atoms with Crippen molar-refractivity contribution >= 4 is 41.1 Å². The Bertz CT molecular complexity index is 1640. The molecule has 0 aromatic heterocycles. The number of nitrogens with zero attached hydrogens (tertiary/aromatic N) is 1. The predicted octanol–water partition coefficient (Wildman–Crippen LogP) is 4.41. The van der Waals surface area contributed by atoms with Crippen molar-refractivity contribution in [1.82, 2.24) is 26.2 Å². The number of hydrogen-bond acceptors (Lipinski definition) is 5. The Morgan fingerprint density at radius 2 is 1.57 bits per heavy atom. The number of halogens is 2. The van der Waals surface area contributed by atoms with Gasteiger partial charge in [-0.05, 0) is 73.6 Å². The van der Waals surface area contributed by atoms with Gasteiger partial charge in [0.15, 0.2) is 0 Å². The summed E-state index contributed by atoms with van der Waals surface area (Å²) >= 11 is 5.91. The third-order valence-electron chi connectivity index (χ3n) is 8.19. The van der Waals surface area contributed by atoms with E-state index in [4.69, 9.17) is 11.6 Å². The first kappa shape index (κ1) is 37.1. The van der Waals surface area contributed by atoms with E-state index >= 15 is 0 Å². The molecular weight excluding hydrogens is 649 g/mol. The normalized spacial score (nSPS) is 20.1. The molecule has 0 spiro atoms. The van der Waals surface area contributed by atoms with Crippen LogP contribution < -0.4 is 21.3 Å². The molecule has 49 heavy (non-hydrogen) atoms. The molecule has 0 saturated heterocycles. The molecule has 0 fully saturated rings. The van der Waals surface area contributed by atoms with Crippen LogP contribution in [0, 0.1) is 11.7 Å². The Kier molecular flexibility index (Phi) is 13.3. The van der Waals surface area contributed by atoms with Crippen LogP contribution in [-0.4, -0.2) is 65.7 Å². The monoisotopic (exact) mass is 691 g/mol. The average molecular weight is 692 g/mol. The molecule has 3 aromatic carbocycles. The highest BCUT2D eigenvalue weighted by molar-refractivity contribution is 6.30. The highest BCUT2D eigenvalue weighted by Crippen LogP contribution is 2.19. The highest BCUT2D eigenvalue weighted by atomic mass is 35.5. The van der Waals surface area contributed by atoms with E-state index in [-0.39, 0.29) is 48.1 Å². The van der Waals surface area contributed by atoms with Gasteiger partial charge in [0.2, 0.25) is 17.7 Å². The first-order valence-electron chi connectivity index (χ1n) is 16.5. The van der Waals surface area contributed by atoms with E-state index in [1.807, 2.05) is 44.2 Å². The molecule has 0 aliphatic carbocycles. The minimum Gasteiger partial charge on any atom is -0.354 e. The summed E-state index contributed by atoms with van der Waals surface area (Å²) in [5.74, 6) is -3.18. The van der Waals surface area contributed by atoms with Gasteiger partial charge in [0.1, 0.15) is 23.9 Å². The zero-order valence-corrected chi connectivity index (χ0v) is 28.7. The van der Waals surface area contributed by atoms with E-state index in [0.717, 1.165) is 11.6 Å². The lowest BCUT2D eigenvalue weighted by molar-refractivity contribution is -0.132. The van der Waals surface area contributed by atoms with Crippen molar-refractivity contribution in [2.24, 2.45) is 5.92 Å². The largest absolute Gasteiger partial charge is 0.354 e. The van der Waals surface area contributed by atoms with Gasteiger partial charge in [0, 0.05) is 36.6 Å². The molecule has 0 saturated carbocycles. The van der Waals surface area contributed by atoms with Crippen LogP contribution >= 0.6 is 11.6 Å². The Balaban J connectivity index is 1.63. The van der Waals surface area contributed by atoms with Crippen molar-refractivity contribution in [3.8, 4) is 0 Å². The van der Waals surface area contributed by atoms with Crippen molar-refractivity contribution in [2.45, 2.75) is 71.1 Å². The van der Waals surface area contributed by atoms with E-state index in [0.29, 0.717) is 24.8 Å². The number of hydrogen-bond donors (Lipinski definition) is 4. The van der Waals surface area contributed by atoms with Gasteiger partial charge in [0.25, 0.3) is 11.8 Å². The number of nitrogens with one attached hydrogen (secondary N) is 4. The van der Waals surface area contributed by atoms with Crippen LogP contribution in [0.2, 0.25) is 5.02 Å². The van der Waals surface area contributed by atoms with Crippen LogP contribution in [0.3, 0.4) is 0 Å². The molecule has 2 heterocycles. The first-order valence-corrected chi connectivity index (χ1v) is 16.9. The van der Waals surface area contributed by atoms with Crippen LogP contribution in [0.5, 0.6) is 0 Å². The summed E-state index contributed by atoms with van der Waals surface area (Å²) < 4.78 is 14.7. The minimum atomic E-state index is -1.02. The van der Waals surface area contributed by atoms with Gasteiger partial charge in [-0.1, -0.05) is 67.9 Å². The molecule has 0 radical (unpaired) electrons. The van der Waals surface area contributed by atoms with Crippen LogP contribution in [-0.2, 0) is 27.3 Å². The fourth-order valence-electron chi connectivity index (χ4n) is 5.52. The number of carbonyl (C=O) groups excluding carboxylic acids is 5. The Hall–Kier alpha value is -4.77. The molecule has 2 aliphatic heterocycles. The van der Waals surface area contributed by atoms with E-state index < -0.39 is 53.5 Å². The molecule has 5 rings (SSSR count). The van der Waals surface area contributed by atoms with E-state index in [1.165, 1.54) is 17.0 Å². The molecule has 12 heteroatoms. The highest BCUT2D eigenvalue weighted by Gasteiger charge is 2.30. The number of rotatable bonds is 5. The Morgan fingerprint density at radius 3 is 2.24 bits per heavy atom. The molecule has 260 valence electrons. The molecular formula is C37H43ClFN5O5. The van der Waals surface area contributed by atoms with E-state index in [1.54, 1.807) is 31.2 Å². The van der Waals surface area contributed by atoms with Crippen molar-refractivity contribution < 1.29 is 28.4 Å². The zero-order valence-electron chi connectivity index (χ0n) is 27.9. The smallest absolute Gasteiger partial charge is 0.257 e. The van der Waals surface area contributed by atoms with Crippen LogP contribution in [0.1, 0.15) is 71.9 Å². The van der Waals surface area contributed by atoms with Gasteiger partial charge in [-0.15, -0.1) is 0 Å². The number of fused-ring (bicyclic) bond motifs is 18. The average Bonchev–Trinajstić information content (AvgIpc) is 3.06. The molecule has 3 aromatic rings. The summed E-state index contributed by atoms with van der Waals surface area (Å²) in [6, 6.07) is 16.8. The SMILES string of the molecule is CC(C)C[C@@H]1NC(=O)[C@@H](Cc2ccccc2)NC(=O)c2ccc(cc2)CN(C(=O)c2ccc(Cl)cc2F)CCCCNC(=O)[C@@H](C)NC1=O. The Morgan fingerprint density at radius 1 is 0.878 bits per heavy atom. The van der Waals surface area contributed by atoms with Gasteiger partial charge in [-0.25, -0.2) is 4.39 Å². The topological polar surface area (TPSA) is 137 Å². The fourth-order valence-corrected chi connectivity index (χ4v) is 5.67. The van der Waals surface area contributed by atoms with Crippen LogP contribution in [0.4, 0.5) is 4.39 Å². The lowest BCUT2D eigenvalue weighted by Gasteiger charge is -2.25. The summed E-state index contributed by atoms with van der Waals surface area (Å²) in [6.45, 7) is 6.07. The number of amides is 5. The van der Waals surface area contributed by atoms with Gasteiger partial charge < -0.3 is 26.2 Å². The molecule has 0 unspecified atom stereocenters. The van der Waals surface area contributed by atoms with E-state index in [9.17, 15) is 28.4 Å². The van der Waals surface area contributed by atoms with Crippen molar-refractivity contribution in [2.75, 3.05) is 13.1 Å². The lowest BCUT2D eigenvalue weighted by atomic mass is 10.0. The van der Waals surface area contributed by atoms with Crippen molar-refractivity contribution in [1.29, 1.82) is 0 Å². The molecule has 4 N–H and O–H groups in total.